The summed E-state index contributed by atoms with van der Waals surface area (Å²) >= 11 is 0. The van der Waals surface area contributed by atoms with E-state index < -0.39 is 31.4 Å². The summed E-state index contributed by atoms with van der Waals surface area (Å²) in [6.45, 7) is 16.3. The molecule has 282 valence electrons. The quantitative estimate of drug-likeness (QED) is 0.0862. The highest BCUT2D eigenvalue weighted by molar-refractivity contribution is 6.90. The SMILES string of the molecule is COCOc1cc(-c2cc3c(F)c(OC[C@@]45CCCN4C[C@H](F)C5)ncc3c(N3CCC3)n2)c2c(C#C[Si](C(C)C)(C(C)C)C(C)C)c(F)ccc2c1. The molecule has 5 heterocycles. The molecule has 4 aromatic rings. The van der Waals surface area contributed by atoms with Crippen molar-refractivity contribution in [3.8, 4) is 34.4 Å². The van der Waals surface area contributed by atoms with Crippen molar-refractivity contribution in [2.24, 2.45) is 0 Å². The molecule has 7 rings (SSSR count). The van der Waals surface area contributed by atoms with Crippen LogP contribution in [-0.4, -0.2) is 81.3 Å². The zero-order valence-corrected chi connectivity index (χ0v) is 33.0. The Morgan fingerprint density at radius 3 is 2.40 bits per heavy atom. The molecule has 0 aliphatic carbocycles. The van der Waals surface area contributed by atoms with Gasteiger partial charge in [-0.2, -0.15) is 0 Å². The van der Waals surface area contributed by atoms with Crippen LogP contribution in [0.2, 0.25) is 16.6 Å². The number of pyridine rings is 2. The fourth-order valence-electron chi connectivity index (χ4n) is 9.36. The van der Waals surface area contributed by atoms with Crippen LogP contribution in [-0.2, 0) is 4.74 Å². The Hall–Kier alpha value is -3.85. The lowest BCUT2D eigenvalue weighted by Crippen LogP contribution is -2.43. The number of methoxy groups -OCH3 is 1. The Kier molecular flexibility index (Phi) is 10.4. The predicted molar refractivity (Wildman–Crippen MR) is 208 cm³/mol. The topological polar surface area (TPSA) is 60.0 Å². The van der Waals surface area contributed by atoms with Crippen LogP contribution < -0.4 is 14.4 Å². The Morgan fingerprint density at radius 2 is 1.72 bits per heavy atom. The molecule has 2 aromatic carbocycles. The molecule has 3 fully saturated rings. The number of hydrogen-bond donors (Lipinski definition) is 0. The van der Waals surface area contributed by atoms with Gasteiger partial charge in [-0.25, -0.2) is 23.1 Å². The lowest BCUT2D eigenvalue weighted by molar-refractivity contribution is 0.0512. The molecule has 0 radical (unpaired) electrons. The first-order chi connectivity index (χ1) is 25.4. The Balaban J connectivity index is 1.42. The van der Waals surface area contributed by atoms with Gasteiger partial charge in [0.15, 0.2) is 12.6 Å². The Labute approximate surface area is 312 Å². The second-order valence-corrected chi connectivity index (χ2v) is 21.6. The minimum Gasteiger partial charge on any atom is -0.474 e. The van der Waals surface area contributed by atoms with Crippen molar-refractivity contribution in [3.05, 3.63) is 53.7 Å². The van der Waals surface area contributed by atoms with E-state index in [1.165, 1.54) is 6.07 Å². The molecule has 3 saturated heterocycles. The van der Waals surface area contributed by atoms with Gasteiger partial charge in [-0.1, -0.05) is 53.5 Å². The minimum atomic E-state index is -2.23. The normalized spacial score (nSPS) is 20.4. The zero-order valence-electron chi connectivity index (χ0n) is 32.0. The number of benzene rings is 2. The maximum atomic E-state index is 16.8. The summed E-state index contributed by atoms with van der Waals surface area (Å²) in [5.74, 6) is 3.35. The lowest BCUT2D eigenvalue weighted by atomic mass is 9.95. The van der Waals surface area contributed by atoms with Crippen molar-refractivity contribution in [2.45, 2.75) is 95.6 Å². The van der Waals surface area contributed by atoms with Crippen LogP contribution >= 0.6 is 0 Å². The van der Waals surface area contributed by atoms with Crippen LogP contribution in [0.3, 0.4) is 0 Å². The van der Waals surface area contributed by atoms with Gasteiger partial charge in [-0.05, 0) is 72.1 Å². The third-order valence-electron chi connectivity index (χ3n) is 12.1. The van der Waals surface area contributed by atoms with Gasteiger partial charge in [-0.3, -0.25) is 4.90 Å². The van der Waals surface area contributed by atoms with Gasteiger partial charge in [-0.15, -0.1) is 5.54 Å². The molecule has 0 spiro atoms. The molecule has 7 nitrogen and oxygen atoms in total. The molecule has 3 aliphatic heterocycles. The third-order valence-corrected chi connectivity index (χ3v) is 18.4. The molecule has 0 saturated carbocycles. The molecule has 2 aromatic heterocycles. The number of hydrogen-bond acceptors (Lipinski definition) is 7. The van der Waals surface area contributed by atoms with Crippen molar-refractivity contribution in [1.29, 1.82) is 0 Å². The van der Waals surface area contributed by atoms with Crippen molar-refractivity contribution < 1.29 is 27.4 Å². The second kappa shape index (κ2) is 14.8. The first kappa shape index (κ1) is 37.5. The molecular formula is C42H51F3N4O3Si. The average Bonchev–Trinajstić information content (AvgIpc) is 3.62. The summed E-state index contributed by atoms with van der Waals surface area (Å²) in [5, 5.41) is 2.17. The number of halogens is 3. The van der Waals surface area contributed by atoms with Crippen LogP contribution in [0.4, 0.5) is 19.0 Å². The number of aromatic nitrogens is 2. The number of rotatable bonds is 11. The number of anilines is 1. The highest BCUT2D eigenvalue weighted by Crippen LogP contribution is 2.44. The third kappa shape index (κ3) is 6.65. The van der Waals surface area contributed by atoms with Crippen LogP contribution in [0.25, 0.3) is 32.8 Å². The van der Waals surface area contributed by atoms with E-state index in [1.807, 2.05) is 12.1 Å². The molecule has 0 N–H and O–H groups in total. The van der Waals surface area contributed by atoms with E-state index in [0.717, 1.165) is 44.3 Å². The van der Waals surface area contributed by atoms with Gasteiger partial charge in [0.05, 0.1) is 16.8 Å². The zero-order chi connectivity index (χ0) is 37.7. The number of ether oxygens (including phenoxy) is 3. The summed E-state index contributed by atoms with van der Waals surface area (Å²) in [6.07, 6.45) is 3.83. The highest BCUT2D eigenvalue weighted by Gasteiger charge is 2.49. The highest BCUT2D eigenvalue weighted by atomic mass is 28.3. The van der Waals surface area contributed by atoms with E-state index >= 15 is 8.78 Å². The van der Waals surface area contributed by atoms with E-state index in [1.54, 1.807) is 25.4 Å². The summed E-state index contributed by atoms with van der Waals surface area (Å²) in [4.78, 5) is 13.8. The summed E-state index contributed by atoms with van der Waals surface area (Å²) < 4.78 is 64.8. The fourth-order valence-corrected chi connectivity index (χ4v) is 14.6. The maximum Gasteiger partial charge on any atom is 0.251 e. The Morgan fingerprint density at radius 1 is 0.962 bits per heavy atom. The van der Waals surface area contributed by atoms with Gasteiger partial charge in [0, 0.05) is 61.1 Å². The van der Waals surface area contributed by atoms with Gasteiger partial charge in [0.1, 0.15) is 38.2 Å². The molecule has 2 atom stereocenters. The molecule has 11 heteroatoms. The summed E-state index contributed by atoms with van der Waals surface area (Å²) in [7, 11) is -0.685. The van der Waals surface area contributed by atoms with Crippen molar-refractivity contribution >= 4 is 35.4 Å². The first-order valence-corrected chi connectivity index (χ1v) is 21.3. The van der Waals surface area contributed by atoms with Gasteiger partial charge >= 0.3 is 0 Å². The number of nitrogens with zero attached hydrogens (tertiary/aromatic N) is 4. The van der Waals surface area contributed by atoms with Crippen LogP contribution in [0.5, 0.6) is 11.6 Å². The van der Waals surface area contributed by atoms with E-state index in [4.69, 9.17) is 19.2 Å². The van der Waals surface area contributed by atoms with Crippen LogP contribution in [0.1, 0.15) is 72.8 Å². The molecule has 0 unspecified atom stereocenters. The standard InChI is InChI=1S/C42H51F3N4O3Si/c1-26(2)53(27(3)4,28(5)6)17-12-32-36(44)11-10-29-18-31(52-25-50-7)19-34(38(29)32)37-20-33-35(40(47-37)48-14-9-15-48)22-46-41(39(33)45)51-24-42-13-8-16-49(42)23-30(43)21-42/h10-11,18-20,22,26-28,30H,8-9,13-16,21,23-25H2,1-7H3/t30-,42+/m1/s1. The monoisotopic (exact) mass is 744 g/mol. The number of alkyl halides is 1. The fraction of sp³-hybridized carbons (Fsp3) is 0.524. The lowest BCUT2D eigenvalue weighted by Gasteiger charge is -2.38. The van der Waals surface area contributed by atoms with Crippen LogP contribution in [0, 0.1) is 23.1 Å². The second-order valence-electron chi connectivity index (χ2n) is 16.1. The Bertz CT molecular complexity index is 2060. The minimum absolute atomic E-state index is 0.0112. The molecule has 3 aliphatic rings. The smallest absolute Gasteiger partial charge is 0.251 e. The van der Waals surface area contributed by atoms with Crippen molar-refractivity contribution in [2.75, 3.05) is 51.6 Å². The van der Waals surface area contributed by atoms with E-state index in [2.05, 4.69) is 67.8 Å². The number of fused-ring (bicyclic) bond motifs is 3. The van der Waals surface area contributed by atoms with Crippen molar-refractivity contribution in [1.82, 2.24) is 14.9 Å². The van der Waals surface area contributed by atoms with Crippen LogP contribution in [0.15, 0.2) is 36.5 Å². The van der Waals surface area contributed by atoms with Gasteiger partial charge in [0.2, 0.25) is 0 Å². The van der Waals surface area contributed by atoms with Crippen molar-refractivity contribution in [3.63, 3.8) is 0 Å². The predicted octanol–water partition coefficient (Wildman–Crippen LogP) is 9.45. The largest absolute Gasteiger partial charge is 0.474 e. The molecular weight excluding hydrogens is 694 g/mol. The van der Waals surface area contributed by atoms with E-state index in [0.29, 0.717) is 74.1 Å². The van der Waals surface area contributed by atoms with E-state index in [-0.39, 0.29) is 19.3 Å². The molecule has 0 amide bonds. The molecule has 53 heavy (non-hydrogen) atoms. The van der Waals surface area contributed by atoms with Gasteiger partial charge in [0.25, 0.3) is 5.88 Å². The molecule has 0 bridgehead atoms. The van der Waals surface area contributed by atoms with Gasteiger partial charge < -0.3 is 19.1 Å². The first-order valence-electron chi connectivity index (χ1n) is 19.1. The summed E-state index contributed by atoms with van der Waals surface area (Å²) in [6, 6.07) is 8.54. The van der Waals surface area contributed by atoms with E-state index in [9.17, 15) is 4.39 Å². The average molecular weight is 745 g/mol. The summed E-state index contributed by atoms with van der Waals surface area (Å²) in [5.41, 5.74) is 5.67. The maximum absolute atomic E-state index is 16.8.